The minimum absolute atomic E-state index is 0.321. The summed E-state index contributed by atoms with van der Waals surface area (Å²) in [5.41, 5.74) is 0.862. The van der Waals surface area contributed by atoms with E-state index in [9.17, 15) is 22.8 Å². The van der Waals surface area contributed by atoms with Gasteiger partial charge in [0.1, 0.15) is 0 Å². The number of aliphatic carboxylic acids is 1. The first-order valence-electron chi connectivity index (χ1n) is 5.96. The molecular weight excluding hydrogens is 307 g/mol. The predicted molar refractivity (Wildman–Crippen MR) is 74.5 cm³/mol. The predicted octanol–water partition coefficient (Wildman–Crippen LogP) is 3.11. The summed E-state index contributed by atoms with van der Waals surface area (Å²) in [6.45, 7) is 1.50. The van der Waals surface area contributed by atoms with Gasteiger partial charge in [-0.3, -0.25) is 9.59 Å². The molecule has 0 bridgehead atoms. The van der Waals surface area contributed by atoms with Crippen molar-refractivity contribution in [1.29, 1.82) is 0 Å². The minimum atomic E-state index is -4.30. The van der Waals surface area contributed by atoms with Gasteiger partial charge in [0, 0.05) is 5.69 Å². The van der Waals surface area contributed by atoms with Gasteiger partial charge >= 0.3 is 12.1 Å². The number of thioether (sulfide) groups is 1. The van der Waals surface area contributed by atoms with E-state index in [1.165, 1.54) is 13.0 Å². The van der Waals surface area contributed by atoms with Crippen LogP contribution in [0.25, 0.3) is 0 Å². The largest absolute Gasteiger partial charge is 0.481 e. The van der Waals surface area contributed by atoms with Crippen molar-refractivity contribution in [2.24, 2.45) is 0 Å². The minimum Gasteiger partial charge on any atom is -0.481 e. The number of carbonyl (C=O) groups excluding carboxylic acids is 1. The lowest BCUT2D eigenvalue weighted by Crippen LogP contribution is -2.18. The third-order valence-electron chi connectivity index (χ3n) is 2.54. The van der Waals surface area contributed by atoms with E-state index < -0.39 is 29.7 Å². The molecule has 0 aliphatic heterocycles. The third-order valence-corrected chi connectivity index (χ3v) is 3.54. The number of hydrogen-bond acceptors (Lipinski definition) is 3. The maximum Gasteiger partial charge on any atom is 0.397 e. The summed E-state index contributed by atoms with van der Waals surface area (Å²) in [7, 11) is 0. The van der Waals surface area contributed by atoms with Crippen molar-refractivity contribution in [1.82, 2.24) is 0 Å². The molecule has 0 fully saturated rings. The third kappa shape index (κ3) is 6.52. The molecule has 0 heterocycles. The zero-order chi connectivity index (χ0) is 16.0. The van der Waals surface area contributed by atoms with Gasteiger partial charge < -0.3 is 10.4 Å². The van der Waals surface area contributed by atoms with Crippen molar-refractivity contribution in [3.05, 3.63) is 29.8 Å². The highest BCUT2D eigenvalue weighted by atomic mass is 32.2. The highest BCUT2D eigenvalue weighted by Gasteiger charge is 2.27. The normalized spacial score (nSPS) is 12.8. The van der Waals surface area contributed by atoms with E-state index in [-0.39, 0.29) is 5.75 Å². The Hall–Kier alpha value is -1.70. The van der Waals surface area contributed by atoms with E-state index >= 15 is 0 Å². The fraction of sp³-hybridized carbons (Fsp3) is 0.385. The molecule has 1 amide bonds. The number of carboxylic acids is 1. The monoisotopic (exact) mass is 321 g/mol. The Balaban J connectivity index is 2.57. The lowest BCUT2D eigenvalue weighted by Gasteiger charge is -2.10. The number of carbonyl (C=O) groups is 2. The fourth-order valence-corrected chi connectivity index (χ4v) is 2.08. The Kier molecular flexibility index (Phi) is 6.07. The Morgan fingerprint density at radius 1 is 1.38 bits per heavy atom. The van der Waals surface area contributed by atoms with Gasteiger partial charge in [-0.05, 0) is 24.6 Å². The molecule has 1 rings (SSSR count). The van der Waals surface area contributed by atoms with Crippen LogP contribution in [0, 0.1) is 0 Å². The highest BCUT2D eigenvalue weighted by molar-refractivity contribution is 8.00. The summed E-state index contributed by atoms with van der Waals surface area (Å²) in [6, 6.07) is 6.22. The molecule has 2 N–H and O–H groups in total. The van der Waals surface area contributed by atoms with E-state index in [1.807, 2.05) is 0 Å². The summed E-state index contributed by atoms with van der Waals surface area (Å²) in [6.07, 6.45) is -4.30. The maximum absolute atomic E-state index is 11.9. The first-order valence-corrected chi connectivity index (χ1v) is 7.11. The summed E-state index contributed by atoms with van der Waals surface area (Å²) >= 11 is 0.472. The molecule has 4 nitrogen and oxygen atoms in total. The summed E-state index contributed by atoms with van der Waals surface area (Å²) in [5, 5.41) is 11.3. The van der Waals surface area contributed by atoms with Gasteiger partial charge in [0.25, 0.3) is 0 Å². The maximum atomic E-state index is 11.9. The van der Waals surface area contributed by atoms with E-state index in [2.05, 4.69) is 5.32 Å². The van der Waals surface area contributed by atoms with Gasteiger partial charge in [0.15, 0.2) is 0 Å². The van der Waals surface area contributed by atoms with Crippen LogP contribution in [0.4, 0.5) is 18.9 Å². The van der Waals surface area contributed by atoms with E-state index in [4.69, 9.17) is 5.11 Å². The summed E-state index contributed by atoms with van der Waals surface area (Å²) < 4.78 is 35.8. The number of alkyl halides is 3. The quantitative estimate of drug-likeness (QED) is 0.845. The standard InChI is InChI=1S/C13H14F3NO3S/c1-8(12(19)20)9-3-2-4-10(5-9)17-11(18)6-21-7-13(14,15)16/h2-5,8H,6-7H2,1H3,(H,17,18)(H,19,20). The van der Waals surface area contributed by atoms with Crippen LogP contribution in [0.1, 0.15) is 18.4 Å². The molecule has 1 aromatic carbocycles. The van der Waals surface area contributed by atoms with Crippen LogP contribution in [-0.2, 0) is 9.59 Å². The molecule has 0 saturated heterocycles. The number of benzene rings is 1. The van der Waals surface area contributed by atoms with Crippen molar-refractivity contribution in [3.63, 3.8) is 0 Å². The Morgan fingerprint density at radius 2 is 2.05 bits per heavy atom. The van der Waals surface area contributed by atoms with Crippen molar-refractivity contribution < 1.29 is 27.9 Å². The van der Waals surface area contributed by atoms with Gasteiger partial charge in [0.05, 0.1) is 17.4 Å². The zero-order valence-electron chi connectivity index (χ0n) is 11.1. The number of rotatable bonds is 6. The van der Waals surface area contributed by atoms with E-state index in [0.29, 0.717) is 23.0 Å². The first kappa shape index (κ1) is 17.4. The van der Waals surface area contributed by atoms with Crippen molar-refractivity contribution in [2.75, 3.05) is 16.8 Å². The summed E-state index contributed by atoms with van der Waals surface area (Å²) in [5.74, 6) is -3.71. The Labute approximate surface area is 123 Å². The molecule has 8 heteroatoms. The molecule has 21 heavy (non-hydrogen) atoms. The van der Waals surface area contributed by atoms with Gasteiger partial charge in [-0.15, -0.1) is 11.8 Å². The molecule has 0 radical (unpaired) electrons. The van der Waals surface area contributed by atoms with Crippen molar-refractivity contribution in [3.8, 4) is 0 Å². The van der Waals surface area contributed by atoms with Crippen molar-refractivity contribution in [2.45, 2.75) is 19.0 Å². The van der Waals surface area contributed by atoms with E-state index in [1.54, 1.807) is 18.2 Å². The number of halogens is 3. The van der Waals surface area contributed by atoms with Gasteiger partial charge in [-0.1, -0.05) is 12.1 Å². The average Bonchev–Trinajstić information content (AvgIpc) is 2.36. The highest BCUT2D eigenvalue weighted by Crippen LogP contribution is 2.22. The lowest BCUT2D eigenvalue weighted by molar-refractivity contribution is -0.138. The zero-order valence-corrected chi connectivity index (χ0v) is 11.9. The second kappa shape index (κ2) is 7.35. The Bertz CT molecular complexity index is 520. The average molecular weight is 321 g/mol. The molecule has 1 unspecified atom stereocenters. The second-order valence-corrected chi connectivity index (χ2v) is 5.33. The van der Waals surface area contributed by atoms with Crippen LogP contribution in [0.5, 0.6) is 0 Å². The van der Waals surface area contributed by atoms with Crippen molar-refractivity contribution >= 4 is 29.3 Å². The molecule has 1 atom stereocenters. The number of amides is 1. The van der Waals surface area contributed by atoms with Crippen LogP contribution < -0.4 is 5.32 Å². The SMILES string of the molecule is CC(C(=O)O)c1cccc(NC(=O)CSCC(F)(F)F)c1. The van der Waals surface area contributed by atoms with Crippen LogP contribution in [-0.4, -0.2) is 34.7 Å². The molecule has 0 aliphatic carbocycles. The molecular formula is C13H14F3NO3S. The number of nitrogens with one attached hydrogen (secondary N) is 1. The van der Waals surface area contributed by atoms with Gasteiger partial charge in [-0.25, -0.2) is 0 Å². The second-order valence-electron chi connectivity index (χ2n) is 4.34. The van der Waals surface area contributed by atoms with Crippen LogP contribution >= 0.6 is 11.8 Å². The number of anilines is 1. The number of carboxylic acid groups (broad SMARTS) is 1. The molecule has 116 valence electrons. The Morgan fingerprint density at radius 3 is 2.62 bits per heavy atom. The fourth-order valence-electron chi connectivity index (χ4n) is 1.48. The molecule has 0 aromatic heterocycles. The van der Waals surface area contributed by atoms with Crippen LogP contribution in [0.2, 0.25) is 0 Å². The molecule has 0 aliphatic rings. The van der Waals surface area contributed by atoms with Gasteiger partial charge in [0.2, 0.25) is 5.91 Å². The molecule has 1 aromatic rings. The van der Waals surface area contributed by atoms with Gasteiger partial charge in [-0.2, -0.15) is 13.2 Å². The topological polar surface area (TPSA) is 66.4 Å². The first-order chi connectivity index (χ1) is 9.69. The van der Waals surface area contributed by atoms with Crippen LogP contribution in [0.15, 0.2) is 24.3 Å². The van der Waals surface area contributed by atoms with E-state index in [0.717, 1.165) is 0 Å². The lowest BCUT2D eigenvalue weighted by atomic mass is 10.0. The smallest absolute Gasteiger partial charge is 0.397 e. The number of hydrogen-bond donors (Lipinski definition) is 2. The van der Waals surface area contributed by atoms with Crippen LogP contribution in [0.3, 0.4) is 0 Å². The molecule has 0 spiro atoms. The molecule has 0 saturated carbocycles. The summed E-state index contributed by atoms with van der Waals surface area (Å²) in [4.78, 5) is 22.4.